The largest absolute Gasteiger partial charge is 0.416 e. The Morgan fingerprint density at radius 3 is 2.59 bits per heavy atom. The van der Waals surface area contributed by atoms with Crippen LogP contribution in [0.15, 0.2) is 24.3 Å². The number of morpholine rings is 1. The van der Waals surface area contributed by atoms with E-state index >= 15 is 0 Å². The first kappa shape index (κ1) is 15.3. The van der Waals surface area contributed by atoms with Crippen LogP contribution in [0, 0.1) is 0 Å². The van der Waals surface area contributed by atoms with Gasteiger partial charge in [-0.05, 0) is 30.7 Å². The number of ether oxygens (including phenoxy) is 1. The minimum absolute atomic E-state index is 0.0301. The van der Waals surface area contributed by atoms with Crippen molar-refractivity contribution < 1.29 is 22.7 Å². The minimum Gasteiger partial charge on any atom is -0.369 e. The Morgan fingerprint density at radius 1 is 1.27 bits per heavy atom. The van der Waals surface area contributed by atoms with Crippen molar-refractivity contribution in [1.29, 1.82) is 0 Å². The van der Waals surface area contributed by atoms with Crippen molar-refractivity contribution >= 4 is 5.91 Å². The number of amides is 1. The van der Waals surface area contributed by atoms with Crippen molar-refractivity contribution in [2.45, 2.75) is 24.7 Å². The summed E-state index contributed by atoms with van der Waals surface area (Å²) in [6.07, 6.45) is -3.55. The highest BCUT2D eigenvalue weighted by molar-refractivity contribution is 5.79. The Morgan fingerprint density at radius 2 is 2.00 bits per heavy atom. The lowest BCUT2D eigenvalue weighted by Gasteiger charge is -2.44. The maximum atomic E-state index is 12.6. The van der Waals surface area contributed by atoms with Crippen LogP contribution in [0.5, 0.6) is 0 Å². The second-order valence-corrected chi connectivity index (χ2v) is 5.82. The van der Waals surface area contributed by atoms with Crippen LogP contribution in [0.2, 0.25) is 0 Å². The molecule has 22 heavy (non-hydrogen) atoms. The van der Waals surface area contributed by atoms with E-state index in [1.54, 1.807) is 4.90 Å². The highest BCUT2D eigenvalue weighted by atomic mass is 19.4. The molecule has 120 valence electrons. The van der Waals surface area contributed by atoms with Crippen LogP contribution in [0.25, 0.3) is 0 Å². The maximum Gasteiger partial charge on any atom is 0.416 e. The SMILES string of the molecule is O=C1COCC2(CCNC2)N1Cc1ccc(C(F)(F)F)cc1. The predicted octanol–water partition coefficient (Wildman–Crippen LogP) is 1.80. The average molecular weight is 314 g/mol. The van der Waals surface area contributed by atoms with E-state index in [9.17, 15) is 18.0 Å². The van der Waals surface area contributed by atoms with Gasteiger partial charge in [0.15, 0.2) is 0 Å². The summed E-state index contributed by atoms with van der Waals surface area (Å²) in [5.74, 6) is -0.116. The van der Waals surface area contributed by atoms with Gasteiger partial charge in [-0.3, -0.25) is 4.79 Å². The van der Waals surface area contributed by atoms with E-state index in [1.807, 2.05) is 0 Å². The highest BCUT2D eigenvalue weighted by Gasteiger charge is 2.45. The van der Waals surface area contributed by atoms with Crippen LogP contribution in [-0.4, -0.2) is 42.6 Å². The van der Waals surface area contributed by atoms with Gasteiger partial charge >= 0.3 is 6.18 Å². The third kappa shape index (κ3) is 2.83. The van der Waals surface area contributed by atoms with Gasteiger partial charge in [-0.25, -0.2) is 0 Å². The van der Waals surface area contributed by atoms with E-state index in [0.29, 0.717) is 25.3 Å². The van der Waals surface area contributed by atoms with Gasteiger partial charge in [0.2, 0.25) is 5.91 Å². The van der Waals surface area contributed by atoms with Gasteiger partial charge in [0, 0.05) is 13.1 Å². The first-order valence-electron chi connectivity index (χ1n) is 7.16. The molecular formula is C15H17F3N2O2. The third-order valence-corrected chi connectivity index (χ3v) is 4.31. The molecular weight excluding hydrogens is 297 g/mol. The van der Waals surface area contributed by atoms with Gasteiger partial charge < -0.3 is 15.0 Å². The van der Waals surface area contributed by atoms with E-state index < -0.39 is 11.7 Å². The number of hydrogen-bond donors (Lipinski definition) is 1. The van der Waals surface area contributed by atoms with Crippen molar-refractivity contribution in [1.82, 2.24) is 10.2 Å². The molecule has 4 nitrogen and oxygen atoms in total. The predicted molar refractivity (Wildman–Crippen MR) is 73.0 cm³/mol. The topological polar surface area (TPSA) is 41.6 Å². The Hall–Kier alpha value is -1.60. The molecule has 1 spiro atoms. The standard InChI is InChI=1S/C15H17F3N2O2/c16-15(17,18)12-3-1-11(2-4-12)7-20-13(21)8-22-10-14(20)5-6-19-9-14/h1-4,19H,5-10H2. The van der Waals surface area contributed by atoms with Crippen molar-refractivity contribution in [2.75, 3.05) is 26.3 Å². The summed E-state index contributed by atoms with van der Waals surface area (Å²) in [4.78, 5) is 13.9. The van der Waals surface area contributed by atoms with Gasteiger partial charge in [-0.2, -0.15) is 13.2 Å². The van der Waals surface area contributed by atoms with Crippen LogP contribution in [0.3, 0.4) is 0 Å². The minimum atomic E-state index is -4.34. The Labute approximate surface area is 126 Å². The molecule has 7 heteroatoms. The lowest BCUT2D eigenvalue weighted by molar-refractivity contribution is -0.157. The molecule has 1 aromatic carbocycles. The number of nitrogens with zero attached hydrogens (tertiary/aromatic N) is 1. The molecule has 3 rings (SSSR count). The molecule has 0 saturated carbocycles. The number of alkyl halides is 3. The fourth-order valence-corrected chi connectivity index (χ4v) is 3.07. The van der Waals surface area contributed by atoms with Gasteiger partial charge in [0.05, 0.1) is 17.7 Å². The molecule has 1 unspecified atom stereocenters. The van der Waals surface area contributed by atoms with Crippen molar-refractivity contribution in [3.8, 4) is 0 Å². The molecule has 0 bridgehead atoms. The zero-order chi connectivity index (χ0) is 15.8. The van der Waals surface area contributed by atoms with E-state index in [-0.39, 0.29) is 18.1 Å². The number of hydrogen-bond acceptors (Lipinski definition) is 3. The molecule has 2 saturated heterocycles. The summed E-state index contributed by atoms with van der Waals surface area (Å²) in [6.45, 7) is 2.26. The number of benzene rings is 1. The number of carbonyl (C=O) groups is 1. The van der Waals surface area contributed by atoms with Gasteiger partial charge in [0.25, 0.3) is 0 Å². The van der Waals surface area contributed by atoms with Crippen LogP contribution in [0.4, 0.5) is 13.2 Å². The molecule has 0 aromatic heterocycles. The molecule has 1 aromatic rings. The Bertz CT molecular complexity index is 551. The molecule has 2 aliphatic heterocycles. The zero-order valence-electron chi connectivity index (χ0n) is 11.9. The monoisotopic (exact) mass is 314 g/mol. The molecule has 1 N–H and O–H groups in total. The Balaban J connectivity index is 1.79. The first-order valence-corrected chi connectivity index (χ1v) is 7.16. The van der Waals surface area contributed by atoms with E-state index in [4.69, 9.17) is 4.74 Å². The fourth-order valence-electron chi connectivity index (χ4n) is 3.07. The number of rotatable bonds is 2. The summed E-state index contributed by atoms with van der Waals surface area (Å²) in [5, 5.41) is 3.23. The maximum absolute atomic E-state index is 12.6. The smallest absolute Gasteiger partial charge is 0.369 e. The first-order chi connectivity index (χ1) is 10.4. The summed E-state index contributed by atoms with van der Waals surface area (Å²) in [7, 11) is 0. The van der Waals surface area contributed by atoms with Crippen LogP contribution < -0.4 is 5.32 Å². The van der Waals surface area contributed by atoms with E-state index in [0.717, 1.165) is 25.1 Å². The average Bonchev–Trinajstić information content (AvgIpc) is 2.92. The number of nitrogens with one attached hydrogen (secondary N) is 1. The fraction of sp³-hybridized carbons (Fsp3) is 0.533. The third-order valence-electron chi connectivity index (χ3n) is 4.31. The molecule has 1 amide bonds. The second kappa shape index (κ2) is 5.55. The molecule has 0 aliphatic carbocycles. The molecule has 2 heterocycles. The number of halogens is 3. The lowest BCUT2D eigenvalue weighted by atomic mass is 9.94. The molecule has 2 fully saturated rings. The Kier molecular flexibility index (Phi) is 3.86. The van der Waals surface area contributed by atoms with Crippen LogP contribution in [-0.2, 0) is 22.3 Å². The van der Waals surface area contributed by atoms with Gasteiger partial charge in [0.1, 0.15) is 6.61 Å². The zero-order valence-corrected chi connectivity index (χ0v) is 11.9. The lowest BCUT2D eigenvalue weighted by Crippen LogP contribution is -2.60. The van der Waals surface area contributed by atoms with Crippen molar-refractivity contribution in [2.24, 2.45) is 0 Å². The van der Waals surface area contributed by atoms with Gasteiger partial charge in [-0.15, -0.1) is 0 Å². The molecule has 2 aliphatic rings. The van der Waals surface area contributed by atoms with Crippen LogP contribution >= 0.6 is 0 Å². The summed E-state index contributed by atoms with van der Waals surface area (Å²) >= 11 is 0. The normalized spacial score (nSPS) is 26.0. The molecule has 1 atom stereocenters. The second-order valence-electron chi connectivity index (χ2n) is 5.82. The van der Waals surface area contributed by atoms with E-state index in [1.165, 1.54) is 12.1 Å². The molecule has 0 radical (unpaired) electrons. The highest BCUT2D eigenvalue weighted by Crippen LogP contribution is 2.31. The van der Waals surface area contributed by atoms with Gasteiger partial charge in [-0.1, -0.05) is 12.1 Å². The van der Waals surface area contributed by atoms with Crippen LogP contribution in [0.1, 0.15) is 17.5 Å². The van der Waals surface area contributed by atoms with Crippen molar-refractivity contribution in [3.63, 3.8) is 0 Å². The summed E-state index contributed by atoms with van der Waals surface area (Å²) < 4.78 is 43.1. The summed E-state index contributed by atoms with van der Waals surface area (Å²) in [6, 6.07) is 4.98. The quantitative estimate of drug-likeness (QED) is 0.905. The van der Waals surface area contributed by atoms with E-state index in [2.05, 4.69) is 5.32 Å². The number of carbonyl (C=O) groups excluding carboxylic acids is 1. The summed E-state index contributed by atoms with van der Waals surface area (Å²) in [5.41, 5.74) is -0.366. The van der Waals surface area contributed by atoms with Crippen molar-refractivity contribution in [3.05, 3.63) is 35.4 Å².